The fourth-order valence-corrected chi connectivity index (χ4v) is 2.51. The summed E-state index contributed by atoms with van der Waals surface area (Å²) in [6.07, 6.45) is 0.166. The quantitative estimate of drug-likeness (QED) is 0.608. The number of hydrogen-bond acceptors (Lipinski definition) is 7. The van der Waals surface area contributed by atoms with Crippen LogP contribution in [0.2, 0.25) is 0 Å². The van der Waals surface area contributed by atoms with Crippen LogP contribution in [0.15, 0.2) is 47.0 Å². The molecule has 0 aliphatic rings. The lowest BCUT2D eigenvalue weighted by atomic mass is 10.2. The van der Waals surface area contributed by atoms with Crippen LogP contribution in [0.4, 0.5) is 10.1 Å². The summed E-state index contributed by atoms with van der Waals surface area (Å²) in [6, 6.07) is 10.7. The first-order valence-corrected chi connectivity index (χ1v) is 8.65. The molecule has 29 heavy (non-hydrogen) atoms. The second kappa shape index (κ2) is 8.96. The van der Waals surface area contributed by atoms with E-state index >= 15 is 0 Å². The van der Waals surface area contributed by atoms with Crippen LogP contribution < -0.4 is 10.1 Å². The number of carbonyl (C=O) groups excluding carboxylic acids is 2. The van der Waals surface area contributed by atoms with Crippen LogP contribution in [0, 0.1) is 5.82 Å². The maximum absolute atomic E-state index is 13.9. The minimum Gasteiger partial charge on any atom is -0.497 e. The number of carbonyl (C=O) groups is 2. The fraction of sp³-hybridized carbons (Fsp3) is 0.200. The summed E-state index contributed by atoms with van der Waals surface area (Å²) < 4.78 is 28.7. The van der Waals surface area contributed by atoms with E-state index in [1.165, 1.54) is 19.2 Å². The number of amides is 1. The Kier molecular flexibility index (Phi) is 6.18. The first-order chi connectivity index (χ1) is 14.0. The van der Waals surface area contributed by atoms with Gasteiger partial charge in [0.15, 0.2) is 0 Å². The normalized spacial score (nSPS) is 10.4. The van der Waals surface area contributed by atoms with Gasteiger partial charge < -0.3 is 19.3 Å². The number of methoxy groups -OCH3 is 2. The highest BCUT2D eigenvalue weighted by atomic mass is 19.1. The second-order valence-electron chi connectivity index (χ2n) is 5.97. The van der Waals surface area contributed by atoms with Crippen molar-refractivity contribution in [1.82, 2.24) is 10.1 Å². The average molecular weight is 399 g/mol. The van der Waals surface area contributed by atoms with E-state index in [9.17, 15) is 14.0 Å². The monoisotopic (exact) mass is 399 g/mol. The molecule has 3 rings (SSSR count). The molecule has 0 aliphatic carbocycles. The predicted molar refractivity (Wildman–Crippen MR) is 101 cm³/mol. The maximum atomic E-state index is 13.9. The lowest BCUT2D eigenvalue weighted by molar-refractivity contribution is -0.116. The third-order valence-electron chi connectivity index (χ3n) is 4.04. The van der Waals surface area contributed by atoms with Crippen LogP contribution in [0.5, 0.6) is 5.75 Å². The predicted octanol–water partition coefficient (Wildman–Crippen LogP) is 3.24. The van der Waals surface area contributed by atoms with Crippen LogP contribution in [0.25, 0.3) is 11.4 Å². The van der Waals surface area contributed by atoms with Gasteiger partial charge in [-0.3, -0.25) is 4.79 Å². The summed E-state index contributed by atoms with van der Waals surface area (Å²) in [5, 5.41) is 6.31. The second-order valence-corrected chi connectivity index (χ2v) is 5.97. The number of rotatable bonds is 7. The van der Waals surface area contributed by atoms with Crippen molar-refractivity contribution in [3.8, 4) is 17.1 Å². The molecule has 9 heteroatoms. The summed E-state index contributed by atoms with van der Waals surface area (Å²) in [5.41, 5.74) is 0.763. The number of hydrogen-bond donors (Lipinski definition) is 1. The Balaban J connectivity index is 1.60. The Morgan fingerprint density at radius 2 is 1.90 bits per heavy atom. The fourth-order valence-electron chi connectivity index (χ4n) is 2.51. The van der Waals surface area contributed by atoms with Crippen LogP contribution >= 0.6 is 0 Å². The van der Waals surface area contributed by atoms with Gasteiger partial charge >= 0.3 is 5.97 Å². The number of nitrogens with one attached hydrogen (secondary N) is 1. The molecule has 8 nitrogen and oxygen atoms in total. The molecule has 1 amide bonds. The van der Waals surface area contributed by atoms with E-state index in [1.807, 2.05) is 0 Å². The molecule has 1 heterocycles. The zero-order valence-electron chi connectivity index (χ0n) is 15.8. The first kappa shape index (κ1) is 20.0. The van der Waals surface area contributed by atoms with Crippen molar-refractivity contribution >= 4 is 17.6 Å². The third-order valence-corrected chi connectivity index (χ3v) is 4.04. The Bertz CT molecular complexity index is 1020. The number of aryl methyl sites for hydroxylation is 1. The molecular formula is C20H18FN3O5. The topological polar surface area (TPSA) is 104 Å². The Hall–Kier alpha value is -3.75. The Labute approximate surface area is 165 Å². The molecule has 1 N–H and O–H groups in total. The molecule has 150 valence electrons. The van der Waals surface area contributed by atoms with Gasteiger partial charge in [-0.2, -0.15) is 4.98 Å². The highest BCUT2D eigenvalue weighted by Gasteiger charge is 2.14. The molecule has 3 aromatic rings. The van der Waals surface area contributed by atoms with Crippen molar-refractivity contribution in [2.75, 3.05) is 19.5 Å². The summed E-state index contributed by atoms with van der Waals surface area (Å²) in [5.74, 6) is -0.384. The smallest absolute Gasteiger partial charge is 0.337 e. The summed E-state index contributed by atoms with van der Waals surface area (Å²) in [4.78, 5) is 27.9. The van der Waals surface area contributed by atoms with Crippen molar-refractivity contribution in [1.29, 1.82) is 0 Å². The van der Waals surface area contributed by atoms with Crippen LogP contribution in [-0.2, 0) is 16.0 Å². The van der Waals surface area contributed by atoms with E-state index in [2.05, 4.69) is 20.2 Å². The lowest BCUT2D eigenvalue weighted by Crippen LogP contribution is -2.14. The molecule has 0 atom stereocenters. The van der Waals surface area contributed by atoms with E-state index in [-0.39, 0.29) is 30.0 Å². The van der Waals surface area contributed by atoms with Gasteiger partial charge in [0, 0.05) is 18.4 Å². The molecule has 0 saturated carbocycles. The van der Waals surface area contributed by atoms with E-state index in [0.717, 1.165) is 11.6 Å². The van der Waals surface area contributed by atoms with Gasteiger partial charge in [-0.05, 0) is 42.5 Å². The van der Waals surface area contributed by atoms with Crippen LogP contribution in [0.3, 0.4) is 0 Å². The van der Waals surface area contributed by atoms with Gasteiger partial charge in [0.05, 0.1) is 25.5 Å². The van der Waals surface area contributed by atoms with E-state index in [4.69, 9.17) is 9.26 Å². The number of halogens is 1. The molecule has 2 aromatic carbocycles. The summed E-state index contributed by atoms with van der Waals surface area (Å²) in [6.45, 7) is 0. The lowest BCUT2D eigenvalue weighted by Gasteiger charge is -2.07. The average Bonchev–Trinajstić information content (AvgIpc) is 3.22. The molecule has 0 radical (unpaired) electrons. The van der Waals surface area contributed by atoms with Crippen LogP contribution in [-0.4, -0.2) is 36.2 Å². The molecular weight excluding hydrogens is 381 g/mol. The molecule has 0 saturated heterocycles. The van der Waals surface area contributed by atoms with E-state index in [0.29, 0.717) is 11.6 Å². The van der Waals surface area contributed by atoms with E-state index in [1.54, 1.807) is 31.4 Å². The highest BCUT2D eigenvalue weighted by molar-refractivity contribution is 5.94. The molecule has 1 aromatic heterocycles. The van der Waals surface area contributed by atoms with E-state index < -0.39 is 17.7 Å². The number of esters is 1. The van der Waals surface area contributed by atoms with Gasteiger partial charge in [0.1, 0.15) is 11.6 Å². The Morgan fingerprint density at radius 3 is 2.59 bits per heavy atom. The van der Waals surface area contributed by atoms with Crippen molar-refractivity contribution in [2.45, 2.75) is 12.8 Å². The third kappa shape index (κ3) is 4.95. The molecule has 0 fully saturated rings. The molecule has 0 bridgehead atoms. The van der Waals surface area contributed by atoms with Gasteiger partial charge in [-0.25, -0.2) is 9.18 Å². The number of nitrogens with zero attached hydrogens (tertiary/aromatic N) is 2. The highest BCUT2D eigenvalue weighted by Crippen LogP contribution is 2.20. The molecule has 0 spiro atoms. The number of ether oxygens (including phenoxy) is 2. The SMILES string of the molecule is COC(=O)c1ccc(F)c(NC(=O)CCc2nc(-c3ccc(OC)cc3)no2)c1. The molecule has 0 unspecified atom stereocenters. The Morgan fingerprint density at radius 1 is 1.14 bits per heavy atom. The zero-order valence-corrected chi connectivity index (χ0v) is 15.8. The van der Waals surface area contributed by atoms with Crippen LogP contribution in [0.1, 0.15) is 22.7 Å². The van der Waals surface area contributed by atoms with Crippen molar-refractivity contribution in [3.05, 3.63) is 59.7 Å². The van der Waals surface area contributed by atoms with Gasteiger partial charge in [-0.1, -0.05) is 5.16 Å². The van der Waals surface area contributed by atoms with Gasteiger partial charge in [0.2, 0.25) is 17.6 Å². The molecule has 0 aliphatic heterocycles. The standard InChI is InChI=1S/C20H18FN3O5/c1-27-14-6-3-12(4-7-14)19-23-18(29-24-19)10-9-17(25)22-16-11-13(20(26)28-2)5-8-15(16)21/h3-8,11H,9-10H2,1-2H3,(H,22,25). The maximum Gasteiger partial charge on any atom is 0.337 e. The van der Waals surface area contributed by atoms with Crippen molar-refractivity contribution in [2.24, 2.45) is 0 Å². The van der Waals surface area contributed by atoms with Gasteiger partial charge in [0.25, 0.3) is 0 Å². The van der Waals surface area contributed by atoms with Crippen molar-refractivity contribution in [3.63, 3.8) is 0 Å². The minimum atomic E-state index is -0.661. The summed E-state index contributed by atoms with van der Waals surface area (Å²) >= 11 is 0. The number of benzene rings is 2. The number of aromatic nitrogens is 2. The largest absolute Gasteiger partial charge is 0.497 e. The zero-order chi connectivity index (χ0) is 20.8. The van der Waals surface area contributed by atoms with Gasteiger partial charge in [-0.15, -0.1) is 0 Å². The first-order valence-electron chi connectivity index (χ1n) is 8.65. The van der Waals surface area contributed by atoms with Crippen molar-refractivity contribution < 1.29 is 28.0 Å². The minimum absolute atomic E-state index is 0.00780. The summed E-state index contributed by atoms with van der Waals surface area (Å²) in [7, 11) is 2.79. The number of anilines is 1.